The fourth-order valence-corrected chi connectivity index (χ4v) is 3.01. The second-order valence-corrected chi connectivity index (χ2v) is 6.10. The van der Waals surface area contributed by atoms with E-state index in [0.29, 0.717) is 18.7 Å². The number of carboxylic acids is 1. The van der Waals surface area contributed by atoms with Gasteiger partial charge in [-0.1, -0.05) is 13.3 Å². The normalized spacial score (nSPS) is 13.4. The Kier molecular flexibility index (Phi) is 5.07. The molecular formula is C11H19N3O4S. The van der Waals surface area contributed by atoms with Crippen molar-refractivity contribution in [3.05, 3.63) is 12.0 Å². The van der Waals surface area contributed by atoms with E-state index < -0.39 is 22.0 Å². The molecule has 0 fully saturated rings. The van der Waals surface area contributed by atoms with E-state index >= 15 is 0 Å². The Morgan fingerprint density at radius 3 is 2.63 bits per heavy atom. The summed E-state index contributed by atoms with van der Waals surface area (Å²) in [7, 11) is -2.08. The molecule has 108 valence electrons. The summed E-state index contributed by atoms with van der Waals surface area (Å²) in [6.07, 6.45) is 2.33. The third kappa shape index (κ3) is 4.32. The molecule has 1 aromatic heterocycles. The van der Waals surface area contributed by atoms with Gasteiger partial charge < -0.3 is 9.67 Å². The predicted octanol–water partition coefficient (Wildman–Crippen LogP) is 0.650. The Morgan fingerprint density at radius 2 is 2.21 bits per heavy atom. The van der Waals surface area contributed by atoms with E-state index in [1.54, 1.807) is 18.5 Å². The number of aliphatic carboxylic acids is 1. The number of aromatic nitrogens is 2. The Hall–Kier alpha value is -1.41. The Labute approximate surface area is 112 Å². The van der Waals surface area contributed by atoms with Crippen molar-refractivity contribution in [1.82, 2.24) is 14.3 Å². The van der Waals surface area contributed by atoms with Crippen molar-refractivity contribution in [1.29, 1.82) is 0 Å². The third-order valence-electron chi connectivity index (χ3n) is 2.74. The molecule has 0 amide bonds. The van der Waals surface area contributed by atoms with Crippen molar-refractivity contribution >= 4 is 16.0 Å². The van der Waals surface area contributed by atoms with Crippen LogP contribution < -0.4 is 4.72 Å². The zero-order valence-corrected chi connectivity index (χ0v) is 12.1. The van der Waals surface area contributed by atoms with Crippen LogP contribution in [0.2, 0.25) is 0 Å². The molecule has 1 heterocycles. The first-order valence-corrected chi connectivity index (χ1v) is 7.48. The van der Waals surface area contributed by atoms with E-state index in [2.05, 4.69) is 9.71 Å². The van der Waals surface area contributed by atoms with Crippen molar-refractivity contribution in [3.63, 3.8) is 0 Å². The highest BCUT2D eigenvalue weighted by Gasteiger charge is 2.24. The lowest BCUT2D eigenvalue weighted by molar-refractivity contribution is -0.137. The van der Waals surface area contributed by atoms with Crippen LogP contribution in [0, 0.1) is 6.92 Å². The van der Waals surface area contributed by atoms with Gasteiger partial charge in [-0.05, 0) is 13.3 Å². The van der Waals surface area contributed by atoms with Gasteiger partial charge >= 0.3 is 5.97 Å². The molecule has 0 bridgehead atoms. The molecule has 7 nitrogen and oxygen atoms in total. The van der Waals surface area contributed by atoms with E-state index in [1.165, 1.54) is 6.20 Å². The first-order valence-electron chi connectivity index (χ1n) is 6.00. The predicted molar refractivity (Wildman–Crippen MR) is 69.2 cm³/mol. The van der Waals surface area contributed by atoms with Crippen LogP contribution in [0.1, 0.15) is 32.0 Å². The Balaban J connectivity index is 2.90. The highest BCUT2D eigenvalue weighted by molar-refractivity contribution is 7.89. The number of carboxylic acid groups (broad SMARTS) is 1. The molecule has 2 N–H and O–H groups in total. The summed E-state index contributed by atoms with van der Waals surface area (Å²) >= 11 is 0. The molecule has 0 aromatic carbocycles. The van der Waals surface area contributed by atoms with Gasteiger partial charge in [-0.15, -0.1) is 0 Å². The second-order valence-electron chi connectivity index (χ2n) is 4.44. The number of hydrogen-bond acceptors (Lipinski definition) is 4. The minimum absolute atomic E-state index is 0.0843. The van der Waals surface area contributed by atoms with Gasteiger partial charge in [-0.2, -0.15) is 0 Å². The summed E-state index contributed by atoms with van der Waals surface area (Å²) < 4.78 is 28.2. The summed E-state index contributed by atoms with van der Waals surface area (Å²) in [5.41, 5.74) is 0. The second kappa shape index (κ2) is 6.16. The van der Waals surface area contributed by atoms with Crippen molar-refractivity contribution in [2.75, 3.05) is 0 Å². The van der Waals surface area contributed by atoms with Gasteiger partial charge in [0.1, 0.15) is 5.82 Å². The van der Waals surface area contributed by atoms with Crippen LogP contribution >= 0.6 is 0 Å². The summed E-state index contributed by atoms with van der Waals surface area (Å²) in [5, 5.41) is 8.69. The number of aryl methyl sites for hydroxylation is 2. The zero-order valence-electron chi connectivity index (χ0n) is 11.3. The van der Waals surface area contributed by atoms with Crippen LogP contribution in [-0.2, 0) is 21.9 Å². The maximum atomic E-state index is 12.1. The molecule has 0 radical (unpaired) electrons. The standard InChI is InChI=1S/C11H19N3O4S/c1-4-5-9(6-11(15)16)13-19(17,18)10-7-14(3)8(2)12-10/h7,9,13H,4-6H2,1-3H3,(H,15,16). The average Bonchev–Trinajstić information content (AvgIpc) is 2.58. The summed E-state index contributed by atoms with van der Waals surface area (Å²) in [6, 6.07) is -0.616. The molecule has 0 aliphatic rings. The van der Waals surface area contributed by atoms with E-state index in [1.807, 2.05) is 6.92 Å². The Morgan fingerprint density at radius 1 is 1.58 bits per heavy atom. The van der Waals surface area contributed by atoms with Crippen LogP contribution in [0.5, 0.6) is 0 Å². The number of nitrogens with one attached hydrogen (secondary N) is 1. The van der Waals surface area contributed by atoms with Gasteiger partial charge in [0.05, 0.1) is 6.42 Å². The lowest BCUT2D eigenvalue weighted by Crippen LogP contribution is -2.36. The molecule has 0 aliphatic carbocycles. The molecule has 0 saturated heterocycles. The molecule has 8 heteroatoms. The smallest absolute Gasteiger partial charge is 0.304 e. The van der Waals surface area contributed by atoms with Gasteiger partial charge in [0.25, 0.3) is 10.0 Å². The van der Waals surface area contributed by atoms with Gasteiger partial charge in [0, 0.05) is 19.3 Å². The van der Waals surface area contributed by atoms with Crippen LogP contribution in [0.4, 0.5) is 0 Å². The molecule has 19 heavy (non-hydrogen) atoms. The number of sulfonamides is 1. The minimum Gasteiger partial charge on any atom is -0.481 e. The van der Waals surface area contributed by atoms with E-state index in [9.17, 15) is 13.2 Å². The third-order valence-corrected chi connectivity index (χ3v) is 4.13. The van der Waals surface area contributed by atoms with Crippen LogP contribution in [0.15, 0.2) is 11.2 Å². The Bertz CT molecular complexity index is 531. The first-order chi connectivity index (χ1) is 8.76. The molecule has 1 atom stereocenters. The van der Waals surface area contributed by atoms with Crippen molar-refractivity contribution in [2.24, 2.45) is 7.05 Å². The maximum Gasteiger partial charge on any atom is 0.304 e. The molecule has 1 aromatic rings. The van der Waals surface area contributed by atoms with E-state index in [4.69, 9.17) is 5.11 Å². The van der Waals surface area contributed by atoms with Crippen LogP contribution in [-0.4, -0.2) is 35.1 Å². The van der Waals surface area contributed by atoms with Gasteiger partial charge in [-0.25, -0.2) is 18.1 Å². The number of rotatable bonds is 7. The molecule has 1 rings (SSSR count). The fraction of sp³-hybridized carbons (Fsp3) is 0.636. The minimum atomic E-state index is -3.77. The summed E-state index contributed by atoms with van der Waals surface area (Å²) in [6.45, 7) is 3.56. The van der Waals surface area contributed by atoms with Gasteiger partial charge in [-0.3, -0.25) is 4.79 Å². The fourth-order valence-electron chi connectivity index (χ4n) is 1.70. The van der Waals surface area contributed by atoms with Crippen LogP contribution in [0.3, 0.4) is 0 Å². The quantitative estimate of drug-likeness (QED) is 0.767. The number of hydrogen-bond donors (Lipinski definition) is 2. The topological polar surface area (TPSA) is 101 Å². The van der Waals surface area contributed by atoms with Gasteiger partial charge in [0.15, 0.2) is 5.03 Å². The molecule has 1 unspecified atom stereocenters. The number of imidazole rings is 1. The SMILES string of the molecule is CCCC(CC(=O)O)NS(=O)(=O)c1cn(C)c(C)n1. The first kappa shape index (κ1) is 15.6. The summed E-state index contributed by atoms with van der Waals surface area (Å²) in [5.74, 6) is -0.455. The van der Waals surface area contributed by atoms with Crippen LogP contribution in [0.25, 0.3) is 0 Å². The van der Waals surface area contributed by atoms with Crippen molar-refractivity contribution in [3.8, 4) is 0 Å². The van der Waals surface area contributed by atoms with E-state index in [-0.39, 0.29) is 11.4 Å². The summed E-state index contributed by atoms with van der Waals surface area (Å²) in [4.78, 5) is 14.6. The largest absolute Gasteiger partial charge is 0.481 e. The highest BCUT2D eigenvalue weighted by atomic mass is 32.2. The molecule has 0 spiro atoms. The highest BCUT2D eigenvalue weighted by Crippen LogP contribution is 2.11. The average molecular weight is 289 g/mol. The number of carbonyl (C=O) groups is 1. The van der Waals surface area contributed by atoms with Gasteiger partial charge in [0.2, 0.25) is 0 Å². The van der Waals surface area contributed by atoms with E-state index in [0.717, 1.165) is 0 Å². The monoisotopic (exact) mass is 289 g/mol. The lowest BCUT2D eigenvalue weighted by atomic mass is 10.1. The van der Waals surface area contributed by atoms with Crippen molar-refractivity contribution < 1.29 is 18.3 Å². The molecular weight excluding hydrogens is 270 g/mol. The molecule has 0 saturated carbocycles. The lowest BCUT2D eigenvalue weighted by Gasteiger charge is -2.14. The zero-order chi connectivity index (χ0) is 14.6. The van der Waals surface area contributed by atoms with Crippen molar-refractivity contribution in [2.45, 2.75) is 44.2 Å². The molecule has 0 aliphatic heterocycles. The maximum absolute atomic E-state index is 12.1. The number of nitrogens with zero attached hydrogens (tertiary/aromatic N) is 2.